The van der Waals surface area contributed by atoms with Crippen molar-refractivity contribution in [3.05, 3.63) is 28.0 Å². The number of fused-ring (bicyclic) bond motifs is 1. The third kappa shape index (κ3) is 3.42. The van der Waals surface area contributed by atoms with Gasteiger partial charge in [-0.05, 0) is 48.8 Å². The first-order valence-electron chi connectivity index (χ1n) is 6.35. The van der Waals surface area contributed by atoms with E-state index < -0.39 is 17.5 Å². The SMILES string of the molecule is CC(C)(C)OC(=O)N1CCOc2ccc(Br)c(F)c2C1. The summed E-state index contributed by atoms with van der Waals surface area (Å²) in [4.78, 5) is 13.5. The van der Waals surface area contributed by atoms with Gasteiger partial charge in [-0.15, -0.1) is 0 Å². The summed E-state index contributed by atoms with van der Waals surface area (Å²) in [6.45, 7) is 6.20. The average molecular weight is 346 g/mol. The molecule has 1 aromatic carbocycles. The summed E-state index contributed by atoms with van der Waals surface area (Å²) in [5.74, 6) is 0.0646. The van der Waals surface area contributed by atoms with Crippen LogP contribution in [0.5, 0.6) is 5.75 Å². The van der Waals surface area contributed by atoms with Crippen LogP contribution in [0.15, 0.2) is 16.6 Å². The van der Waals surface area contributed by atoms with Crippen molar-refractivity contribution in [3.63, 3.8) is 0 Å². The molecule has 1 aromatic rings. The Morgan fingerprint density at radius 2 is 2.15 bits per heavy atom. The Hall–Kier alpha value is -1.30. The van der Waals surface area contributed by atoms with E-state index in [4.69, 9.17) is 9.47 Å². The fourth-order valence-electron chi connectivity index (χ4n) is 1.88. The molecule has 110 valence electrons. The van der Waals surface area contributed by atoms with E-state index in [0.717, 1.165) is 0 Å². The van der Waals surface area contributed by atoms with Crippen LogP contribution in [0.1, 0.15) is 26.3 Å². The zero-order chi connectivity index (χ0) is 14.9. The van der Waals surface area contributed by atoms with Gasteiger partial charge in [-0.1, -0.05) is 0 Å². The highest BCUT2D eigenvalue weighted by Crippen LogP contribution is 2.30. The molecule has 0 aliphatic carbocycles. The molecule has 0 saturated carbocycles. The van der Waals surface area contributed by atoms with Crippen LogP contribution in [0.3, 0.4) is 0 Å². The molecule has 1 aliphatic rings. The monoisotopic (exact) mass is 345 g/mol. The zero-order valence-electron chi connectivity index (χ0n) is 11.7. The summed E-state index contributed by atoms with van der Waals surface area (Å²) in [5.41, 5.74) is -0.217. The topological polar surface area (TPSA) is 38.8 Å². The molecular weight excluding hydrogens is 329 g/mol. The van der Waals surface area contributed by atoms with Crippen LogP contribution in [-0.4, -0.2) is 29.7 Å². The van der Waals surface area contributed by atoms with Crippen molar-refractivity contribution < 1.29 is 18.7 Å². The molecule has 20 heavy (non-hydrogen) atoms. The third-order valence-corrected chi connectivity index (χ3v) is 3.38. The van der Waals surface area contributed by atoms with Crippen LogP contribution in [-0.2, 0) is 11.3 Å². The summed E-state index contributed by atoms with van der Waals surface area (Å²) in [5, 5.41) is 0. The first-order valence-corrected chi connectivity index (χ1v) is 7.15. The van der Waals surface area contributed by atoms with Crippen molar-refractivity contribution in [2.75, 3.05) is 13.2 Å². The minimum atomic E-state index is -0.580. The van der Waals surface area contributed by atoms with E-state index in [1.807, 2.05) is 0 Å². The Labute approximate surface area is 126 Å². The lowest BCUT2D eigenvalue weighted by Gasteiger charge is -2.26. The molecule has 6 heteroatoms. The van der Waals surface area contributed by atoms with E-state index in [1.54, 1.807) is 32.9 Å². The van der Waals surface area contributed by atoms with Crippen molar-refractivity contribution in [3.8, 4) is 5.75 Å². The molecule has 0 atom stereocenters. The fourth-order valence-corrected chi connectivity index (χ4v) is 2.25. The largest absolute Gasteiger partial charge is 0.491 e. The van der Waals surface area contributed by atoms with Gasteiger partial charge in [-0.2, -0.15) is 0 Å². The van der Waals surface area contributed by atoms with Crippen molar-refractivity contribution in [2.24, 2.45) is 0 Å². The second-order valence-electron chi connectivity index (χ2n) is 5.59. The molecule has 1 amide bonds. The smallest absolute Gasteiger partial charge is 0.410 e. The molecule has 0 N–H and O–H groups in total. The normalized spacial score (nSPS) is 15.2. The number of ether oxygens (including phenoxy) is 2. The van der Waals surface area contributed by atoms with Crippen molar-refractivity contribution in [1.82, 2.24) is 4.90 Å². The van der Waals surface area contributed by atoms with Crippen LogP contribution in [0, 0.1) is 5.82 Å². The lowest BCUT2D eigenvalue weighted by atomic mass is 10.2. The lowest BCUT2D eigenvalue weighted by molar-refractivity contribution is 0.0224. The van der Waals surface area contributed by atoms with Crippen molar-refractivity contribution >= 4 is 22.0 Å². The molecule has 0 spiro atoms. The maximum atomic E-state index is 14.1. The van der Waals surface area contributed by atoms with Crippen LogP contribution in [0.4, 0.5) is 9.18 Å². The number of nitrogens with zero attached hydrogens (tertiary/aromatic N) is 1. The van der Waals surface area contributed by atoms with Crippen molar-refractivity contribution in [2.45, 2.75) is 32.9 Å². The number of halogens is 2. The molecule has 0 saturated heterocycles. The molecule has 0 aromatic heterocycles. The molecular formula is C14H17BrFNO3. The van der Waals surface area contributed by atoms with E-state index in [0.29, 0.717) is 28.9 Å². The highest BCUT2D eigenvalue weighted by molar-refractivity contribution is 9.10. The summed E-state index contributed by atoms with van der Waals surface area (Å²) in [6.07, 6.45) is -0.465. The Morgan fingerprint density at radius 1 is 1.45 bits per heavy atom. The van der Waals surface area contributed by atoms with E-state index in [2.05, 4.69) is 15.9 Å². The van der Waals surface area contributed by atoms with E-state index in [9.17, 15) is 9.18 Å². The quantitative estimate of drug-likeness (QED) is 0.719. The summed E-state index contributed by atoms with van der Waals surface area (Å²) in [7, 11) is 0. The van der Waals surface area contributed by atoms with Gasteiger partial charge in [0, 0.05) is 0 Å². The predicted octanol–water partition coefficient (Wildman–Crippen LogP) is 3.72. The molecule has 1 aliphatic heterocycles. The first-order chi connectivity index (χ1) is 9.28. The summed E-state index contributed by atoms with van der Waals surface area (Å²) >= 11 is 3.14. The van der Waals surface area contributed by atoms with Gasteiger partial charge < -0.3 is 14.4 Å². The van der Waals surface area contributed by atoms with Gasteiger partial charge in [-0.25, -0.2) is 9.18 Å². The molecule has 0 radical (unpaired) electrons. The number of benzene rings is 1. The Morgan fingerprint density at radius 3 is 2.80 bits per heavy atom. The fraction of sp³-hybridized carbons (Fsp3) is 0.500. The van der Waals surface area contributed by atoms with Gasteiger partial charge in [0.1, 0.15) is 23.8 Å². The minimum absolute atomic E-state index is 0.134. The van der Waals surface area contributed by atoms with E-state index in [1.165, 1.54) is 4.90 Å². The number of carbonyl (C=O) groups is 1. The third-order valence-electron chi connectivity index (χ3n) is 2.77. The Balaban J connectivity index is 2.23. The maximum Gasteiger partial charge on any atom is 0.410 e. The second kappa shape index (κ2) is 5.60. The molecule has 1 heterocycles. The number of hydrogen-bond acceptors (Lipinski definition) is 3. The highest BCUT2D eigenvalue weighted by Gasteiger charge is 2.27. The van der Waals surface area contributed by atoms with Crippen molar-refractivity contribution in [1.29, 1.82) is 0 Å². The van der Waals surface area contributed by atoms with Crippen LogP contribution in [0.2, 0.25) is 0 Å². The Kier molecular flexibility index (Phi) is 4.22. The zero-order valence-corrected chi connectivity index (χ0v) is 13.3. The standard InChI is InChI=1S/C14H17BrFNO3/c1-14(2,3)20-13(18)17-6-7-19-11-5-4-10(15)12(16)9(11)8-17/h4-5H,6-8H2,1-3H3. The number of rotatable bonds is 0. The molecule has 0 fully saturated rings. The Bertz CT molecular complexity index is 528. The summed E-state index contributed by atoms with van der Waals surface area (Å²) in [6, 6.07) is 3.29. The van der Waals surface area contributed by atoms with Crippen LogP contribution >= 0.6 is 15.9 Å². The van der Waals surface area contributed by atoms with Gasteiger partial charge in [0.2, 0.25) is 0 Å². The molecule has 4 nitrogen and oxygen atoms in total. The van der Waals surface area contributed by atoms with Gasteiger partial charge in [0.15, 0.2) is 0 Å². The average Bonchev–Trinajstić information content (AvgIpc) is 2.54. The summed E-state index contributed by atoms with van der Waals surface area (Å²) < 4.78 is 25.3. The van der Waals surface area contributed by atoms with Gasteiger partial charge in [0.05, 0.1) is 23.1 Å². The lowest BCUT2D eigenvalue weighted by Crippen LogP contribution is -2.37. The highest BCUT2D eigenvalue weighted by atomic mass is 79.9. The second-order valence-corrected chi connectivity index (χ2v) is 6.44. The van der Waals surface area contributed by atoms with E-state index in [-0.39, 0.29) is 6.54 Å². The maximum absolute atomic E-state index is 14.1. The first kappa shape index (κ1) is 15.1. The number of hydrogen-bond donors (Lipinski definition) is 0. The number of amides is 1. The molecule has 0 bridgehead atoms. The minimum Gasteiger partial charge on any atom is -0.491 e. The molecule has 0 unspecified atom stereocenters. The van der Waals surface area contributed by atoms with Gasteiger partial charge in [0.25, 0.3) is 0 Å². The van der Waals surface area contributed by atoms with Crippen LogP contribution < -0.4 is 4.74 Å². The molecule has 2 rings (SSSR count). The van der Waals surface area contributed by atoms with Crippen LogP contribution in [0.25, 0.3) is 0 Å². The predicted molar refractivity (Wildman–Crippen MR) is 76.2 cm³/mol. The van der Waals surface area contributed by atoms with E-state index >= 15 is 0 Å². The van der Waals surface area contributed by atoms with Gasteiger partial charge in [-0.3, -0.25) is 0 Å². The van der Waals surface area contributed by atoms with Gasteiger partial charge >= 0.3 is 6.09 Å². The number of carbonyl (C=O) groups excluding carboxylic acids is 1.